The van der Waals surface area contributed by atoms with E-state index in [4.69, 9.17) is 18.9 Å². The molecular formula is C38H61NO7. The van der Waals surface area contributed by atoms with Crippen LogP contribution in [0.5, 0.6) is 0 Å². The number of amides is 1. The Balaban J connectivity index is 0.942. The molecule has 0 aromatic rings. The second-order valence-corrected chi connectivity index (χ2v) is 18.5. The molecule has 2 N–H and O–H groups in total. The Kier molecular flexibility index (Phi) is 7.84. The van der Waals surface area contributed by atoms with Crippen LogP contribution in [0.1, 0.15) is 112 Å². The number of rotatable bonds is 5. The number of carbonyl (C=O) groups is 1. The third kappa shape index (κ3) is 4.76. The highest BCUT2D eigenvalue weighted by molar-refractivity contribution is 5.79. The fourth-order valence-corrected chi connectivity index (χ4v) is 13.5. The van der Waals surface area contributed by atoms with E-state index < -0.39 is 11.7 Å². The summed E-state index contributed by atoms with van der Waals surface area (Å²) in [5.74, 6) is 3.03. The van der Waals surface area contributed by atoms with Crippen molar-refractivity contribution in [1.29, 1.82) is 0 Å². The van der Waals surface area contributed by atoms with Gasteiger partial charge in [-0.15, -0.1) is 0 Å². The highest BCUT2D eigenvalue weighted by atomic mass is 16.7. The molecule has 3 saturated heterocycles. The maximum Gasteiger partial charge on any atom is 0.226 e. The summed E-state index contributed by atoms with van der Waals surface area (Å²) in [6, 6.07) is 0. The number of aliphatic hydroxyl groups is 2. The summed E-state index contributed by atoms with van der Waals surface area (Å²) >= 11 is 0. The molecule has 5 saturated carbocycles. The number of hydrogen-bond donors (Lipinski definition) is 2. The largest absolute Gasteiger partial charge is 0.388 e. The molecule has 8 fully saturated rings. The van der Waals surface area contributed by atoms with Crippen LogP contribution < -0.4 is 0 Å². The lowest BCUT2D eigenvalue weighted by atomic mass is 9.46. The van der Waals surface area contributed by atoms with Crippen LogP contribution in [0.3, 0.4) is 0 Å². The maximum absolute atomic E-state index is 13.3. The molecule has 8 aliphatic rings. The lowest BCUT2D eigenvalue weighted by molar-refractivity contribution is -0.245. The number of carbonyl (C=O) groups excluding carboxylic acids is 1. The van der Waals surface area contributed by atoms with Gasteiger partial charge in [0.1, 0.15) is 6.10 Å². The van der Waals surface area contributed by atoms with E-state index in [1.165, 1.54) is 38.5 Å². The first kappa shape index (κ1) is 32.4. The van der Waals surface area contributed by atoms with Gasteiger partial charge in [-0.05, 0) is 136 Å². The van der Waals surface area contributed by atoms with Crippen LogP contribution in [0.15, 0.2) is 0 Å². The first-order chi connectivity index (χ1) is 21.8. The predicted molar refractivity (Wildman–Crippen MR) is 173 cm³/mol. The summed E-state index contributed by atoms with van der Waals surface area (Å²) in [6.45, 7) is 14.1. The van der Waals surface area contributed by atoms with E-state index in [1.807, 2.05) is 4.90 Å². The minimum atomic E-state index is -1.14. The predicted octanol–water partition coefficient (Wildman–Crippen LogP) is 5.32. The van der Waals surface area contributed by atoms with Crippen molar-refractivity contribution in [3.63, 3.8) is 0 Å². The number of ether oxygens (including phenoxy) is 4. The molecule has 8 heteroatoms. The Bertz CT molecular complexity index is 1180. The third-order valence-corrected chi connectivity index (χ3v) is 15.9. The Labute approximate surface area is 276 Å². The molecule has 0 aromatic heterocycles. The first-order valence-corrected chi connectivity index (χ1v) is 19.0. The number of fused-ring (bicyclic) bond motifs is 4. The minimum Gasteiger partial charge on any atom is -0.388 e. The normalized spacial score (nSPS) is 49.2. The molecule has 0 aromatic carbocycles. The lowest BCUT2D eigenvalue weighted by Crippen LogP contribution is -2.56. The first-order valence-electron chi connectivity index (χ1n) is 19.0. The summed E-state index contributed by atoms with van der Waals surface area (Å²) in [5.41, 5.74) is 0.153. The number of hydrogen-bond acceptors (Lipinski definition) is 7. The van der Waals surface area contributed by atoms with Crippen LogP contribution in [-0.4, -0.2) is 90.2 Å². The highest BCUT2D eigenvalue weighted by Crippen LogP contribution is 2.87. The zero-order chi connectivity index (χ0) is 32.3. The second-order valence-electron chi connectivity index (χ2n) is 18.5. The molecule has 3 heterocycles. The van der Waals surface area contributed by atoms with Crippen molar-refractivity contribution in [3.05, 3.63) is 0 Å². The summed E-state index contributed by atoms with van der Waals surface area (Å²) < 4.78 is 25.2. The standard InChI is InChI=1S/C38H61NO7/c1-34(2)29-9-7-24-26-20-28-25(6-8-27(45-28)32(40)35(3,4)42)36(26,5)14-15-37(24)22-38(29,37)13-10-30(34)46-31-21-39(16-19-44-31)33(41)23-11-17-43-18-12-23/h23-32,40,42H,6-22H2,1-5H3/t24?,25?,26?,27?,28?,29?,30-,31?,32-,36?,37-,38+/m0/s1. The van der Waals surface area contributed by atoms with Gasteiger partial charge >= 0.3 is 0 Å². The van der Waals surface area contributed by atoms with Gasteiger partial charge < -0.3 is 34.1 Å². The van der Waals surface area contributed by atoms with Crippen LogP contribution in [0, 0.1) is 51.2 Å². The number of aliphatic hydroxyl groups excluding tert-OH is 1. The van der Waals surface area contributed by atoms with Gasteiger partial charge in [-0.2, -0.15) is 0 Å². The molecule has 8 unspecified atom stereocenters. The number of morpholine rings is 1. The topological polar surface area (TPSA) is 97.7 Å². The maximum atomic E-state index is 13.3. The van der Waals surface area contributed by atoms with Gasteiger partial charge in [-0.25, -0.2) is 0 Å². The summed E-state index contributed by atoms with van der Waals surface area (Å²) in [5, 5.41) is 21.4. The highest BCUT2D eigenvalue weighted by Gasteiger charge is 2.80. The average molecular weight is 644 g/mol. The minimum absolute atomic E-state index is 0.0665. The van der Waals surface area contributed by atoms with Crippen LogP contribution >= 0.6 is 0 Å². The summed E-state index contributed by atoms with van der Waals surface area (Å²) in [7, 11) is 0. The molecule has 0 bridgehead atoms. The van der Waals surface area contributed by atoms with Crippen molar-refractivity contribution >= 4 is 5.91 Å². The van der Waals surface area contributed by atoms with E-state index in [1.54, 1.807) is 13.8 Å². The SMILES string of the molecule is CC12CC[C@@]34C[C@@]35CC[C@H](OC3CN(C(=O)C6CCOCC6)CCO3)C(C)(C)C5CCC4C1CC1OC([C@H](O)C(C)(C)O)CCC12. The average Bonchev–Trinajstić information content (AvgIpc) is 3.61. The smallest absolute Gasteiger partial charge is 0.226 e. The van der Waals surface area contributed by atoms with Crippen LogP contribution in [0.2, 0.25) is 0 Å². The van der Waals surface area contributed by atoms with Gasteiger partial charge in [0.25, 0.3) is 0 Å². The van der Waals surface area contributed by atoms with E-state index in [-0.39, 0.29) is 41.8 Å². The van der Waals surface area contributed by atoms with Crippen LogP contribution in [-0.2, 0) is 23.7 Å². The Hall–Kier alpha value is -0.770. The molecule has 2 spiro atoms. The Morgan fingerprint density at radius 1 is 0.913 bits per heavy atom. The summed E-state index contributed by atoms with van der Waals surface area (Å²) in [6.07, 6.45) is 12.6. The monoisotopic (exact) mass is 643 g/mol. The van der Waals surface area contributed by atoms with Gasteiger partial charge in [-0.1, -0.05) is 20.8 Å². The molecule has 46 heavy (non-hydrogen) atoms. The fourth-order valence-electron chi connectivity index (χ4n) is 13.5. The Morgan fingerprint density at radius 3 is 2.43 bits per heavy atom. The van der Waals surface area contributed by atoms with E-state index >= 15 is 0 Å². The van der Waals surface area contributed by atoms with E-state index in [0.717, 1.165) is 44.4 Å². The van der Waals surface area contributed by atoms with Crippen molar-refractivity contribution in [2.75, 3.05) is 32.9 Å². The molecule has 0 radical (unpaired) electrons. The number of nitrogens with zero attached hydrogens (tertiary/aromatic N) is 1. The van der Waals surface area contributed by atoms with Crippen LogP contribution in [0.4, 0.5) is 0 Å². The van der Waals surface area contributed by atoms with Crippen molar-refractivity contribution < 1.29 is 34.0 Å². The Morgan fingerprint density at radius 2 is 1.67 bits per heavy atom. The molecule has 260 valence electrons. The molecular weight excluding hydrogens is 582 g/mol. The van der Waals surface area contributed by atoms with Crippen molar-refractivity contribution in [3.8, 4) is 0 Å². The molecule has 5 aliphatic carbocycles. The molecule has 12 atom stereocenters. The molecule has 8 nitrogen and oxygen atoms in total. The van der Waals surface area contributed by atoms with Crippen molar-refractivity contribution in [2.45, 2.75) is 148 Å². The van der Waals surface area contributed by atoms with E-state index in [0.29, 0.717) is 66.9 Å². The van der Waals surface area contributed by atoms with E-state index in [2.05, 4.69) is 20.8 Å². The molecule has 3 aliphatic heterocycles. The second kappa shape index (κ2) is 11.1. The lowest BCUT2D eigenvalue weighted by Gasteiger charge is -2.60. The zero-order valence-corrected chi connectivity index (χ0v) is 29.2. The fraction of sp³-hybridized carbons (Fsp3) is 0.974. The van der Waals surface area contributed by atoms with Crippen molar-refractivity contribution in [2.24, 2.45) is 51.2 Å². The third-order valence-electron chi connectivity index (χ3n) is 15.9. The van der Waals surface area contributed by atoms with E-state index in [9.17, 15) is 15.0 Å². The molecule has 1 amide bonds. The summed E-state index contributed by atoms with van der Waals surface area (Å²) in [4.78, 5) is 15.3. The zero-order valence-electron chi connectivity index (χ0n) is 29.2. The quantitative estimate of drug-likeness (QED) is 0.419. The van der Waals surface area contributed by atoms with Gasteiger partial charge in [0.15, 0.2) is 6.29 Å². The van der Waals surface area contributed by atoms with Gasteiger partial charge in [-0.3, -0.25) is 4.79 Å². The van der Waals surface area contributed by atoms with Gasteiger partial charge in [0.2, 0.25) is 5.91 Å². The van der Waals surface area contributed by atoms with Crippen molar-refractivity contribution in [1.82, 2.24) is 4.90 Å². The van der Waals surface area contributed by atoms with Gasteiger partial charge in [0.05, 0.1) is 37.1 Å². The van der Waals surface area contributed by atoms with Gasteiger partial charge in [0, 0.05) is 25.7 Å². The van der Waals surface area contributed by atoms with Crippen LogP contribution in [0.25, 0.3) is 0 Å². The molecule has 8 rings (SSSR count).